The Morgan fingerprint density at radius 1 is 1.31 bits per heavy atom. The van der Waals surface area contributed by atoms with Gasteiger partial charge in [-0.3, -0.25) is 0 Å². The summed E-state index contributed by atoms with van der Waals surface area (Å²) in [5.74, 6) is 0. The highest BCUT2D eigenvalue weighted by molar-refractivity contribution is 5.03. The fraction of sp³-hybridized carbons (Fsp3) is 0.846. The number of ether oxygens (including phenoxy) is 1. The molecule has 92 valence electrons. The Balaban J connectivity index is 1.87. The van der Waals surface area contributed by atoms with Crippen LogP contribution < -0.4 is 11.1 Å². The highest BCUT2D eigenvalue weighted by Crippen LogP contribution is 2.30. The fourth-order valence-electron chi connectivity index (χ4n) is 2.96. The van der Waals surface area contributed by atoms with Crippen molar-refractivity contribution in [3.8, 4) is 0 Å². The number of hydrogen-bond acceptors (Lipinski definition) is 3. The molecule has 16 heavy (non-hydrogen) atoms. The van der Waals surface area contributed by atoms with Crippen LogP contribution in [0, 0.1) is 0 Å². The van der Waals surface area contributed by atoms with Gasteiger partial charge in [0.25, 0.3) is 0 Å². The molecule has 0 spiro atoms. The van der Waals surface area contributed by atoms with Crippen molar-refractivity contribution in [3.63, 3.8) is 0 Å². The summed E-state index contributed by atoms with van der Waals surface area (Å²) in [5.41, 5.74) is 6.15. The summed E-state index contributed by atoms with van der Waals surface area (Å²) < 4.78 is 5.42. The molecule has 0 heterocycles. The average molecular weight is 224 g/mol. The lowest BCUT2D eigenvalue weighted by Crippen LogP contribution is -2.57. The van der Waals surface area contributed by atoms with Crippen molar-refractivity contribution in [1.29, 1.82) is 0 Å². The topological polar surface area (TPSA) is 47.3 Å². The first-order valence-corrected chi connectivity index (χ1v) is 6.43. The van der Waals surface area contributed by atoms with Gasteiger partial charge in [0.05, 0.1) is 6.10 Å². The third-order valence-corrected chi connectivity index (χ3v) is 4.13. The molecule has 0 aromatic heterocycles. The molecule has 2 aliphatic carbocycles. The highest BCUT2D eigenvalue weighted by Gasteiger charge is 2.35. The average Bonchev–Trinajstić information content (AvgIpc) is 2.83. The molecule has 0 radical (unpaired) electrons. The molecule has 3 nitrogen and oxygen atoms in total. The van der Waals surface area contributed by atoms with Crippen LogP contribution in [0.15, 0.2) is 12.2 Å². The van der Waals surface area contributed by atoms with E-state index in [2.05, 4.69) is 17.5 Å². The van der Waals surface area contributed by atoms with Crippen LogP contribution in [0.1, 0.15) is 38.5 Å². The molecule has 1 saturated carbocycles. The number of nitrogens with two attached hydrogens (primary N) is 1. The molecule has 0 aromatic carbocycles. The lowest BCUT2D eigenvalue weighted by Gasteiger charge is -2.41. The second-order valence-electron chi connectivity index (χ2n) is 5.20. The van der Waals surface area contributed by atoms with E-state index in [0.29, 0.717) is 12.1 Å². The van der Waals surface area contributed by atoms with Crippen molar-refractivity contribution in [3.05, 3.63) is 12.2 Å². The summed E-state index contributed by atoms with van der Waals surface area (Å²) in [6.45, 7) is 0.750. The molecule has 0 unspecified atom stereocenters. The van der Waals surface area contributed by atoms with Crippen molar-refractivity contribution in [2.75, 3.05) is 13.7 Å². The molecule has 2 aliphatic rings. The van der Waals surface area contributed by atoms with E-state index in [9.17, 15) is 0 Å². The minimum Gasteiger partial charge on any atom is -0.381 e. The molecule has 2 rings (SSSR count). The molecule has 0 aromatic rings. The summed E-state index contributed by atoms with van der Waals surface area (Å²) in [6.07, 6.45) is 11.9. The molecule has 0 bridgehead atoms. The molecule has 3 N–H and O–H groups in total. The van der Waals surface area contributed by atoms with Crippen molar-refractivity contribution in [2.24, 2.45) is 5.73 Å². The fourth-order valence-corrected chi connectivity index (χ4v) is 2.96. The van der Waals surface area contributed by atoms with E-state index in [1.807, 2.05) is 7.11 Å². The van der Waals surface area contributed by atoms with Gasteiger partial charge in [0.15, 0.2) is 0 Å². The Labute approximate surface area is 98.4 Å². The molecule has 0 atom stereocenters. The van der Waals surface area contributed by atoms with Gasteiger partial charge >= 0.3 is 0 Å². The van der Waals surface area contributed by atoms with Crippen molar-refractivity contribution in [2.45, 2.75) is 56.2 Å². The van der Waals surface area contributed by atoms with Crippen molar-refractivity contribution < 1.29 is 4.74 Å². The first-order chi connectivity index (χ1) is 7.78. The molecule has 0 aliphatic heterocycles. The predicted octanol–water partition coefficient (Wildman–Crippen LogP) is 1.58. The van der Waals surface area contributed by atoms with Crippen LogP contribution in [-0.2, 0) is 4.74 Å². The van der Waals surface area contributed by atoms with Gasteiger partial charge in [-0.05, 0) is 38.5 Å². The number of hydrogen-bond donors (Lipinski definition) is 2. The number of nitrogens with one attached hydrogen (secondary N) is 1. The van der Waals surface area contributed by atoms with Crippen LogP contribution >= 0.6 is 0 Å². The quantitative estimate of drug-likeness (QED) is 0.713. The maximum atomic E-state index is 5.98. The number of rotatable bonds is 4. The summed E-state index contributed by atoms with van der Waals surface area (Å²) in [5, 5.41) is 3.78. The normalized spacial score (nSPS) is 35.8. The van der Waals surface area contributed by atoms with Crippen LogP contribution in [0.4, 0.5) is 0 Å². The van der Waals surface area contributed by atoms with Crippen LogP contribution in [0.3, 0.4) is 0 Å². The van der Waals surface area contributed by atoms with E-state index in [1.165, 1.54) is 0 Å². The molecule has 0 amide bonds. The van der Waals surface area contributed by atoms with Crippen LogP contribution in [0.2, 0.25) is 0 Å². The smallest absolute Gasteiger partial charge is 0.0572 e. The van der Waals surface area contributed by atoms with Crippen LogP contribution in [0.5, 0.6) is 0 Å². The maximum absolute atomic E-state index is 5.98. The Bertz CT molecular complexity index is 236. The Kier molecular flexibility index (Phi) is 4.00. The Hall–Kier alpha value is -0.380. The molecule has 0 saturated heterocycles. The SMILES string of the molecule is COC1CCC(CN)(NC2CC=CC2)CC1. The van der Waals surface area contributed by atoms with Gasteiger partial charge in [-0.25, -0.2) is 0 Å². The number of methoxy groups -OCH3 is 1. The van der Waals surface area contributed by atoms with E-state index >= 15 is 0 Å². The lowest BCUT2D eigenvalue weighted by atomic mass is 9.79. The van der Waals surface area contributed by atoms with Gasteiger partial charge in [-0.1, -0.05) is 12.2 Å². The maximum Gasteiger partial charge on any atom is 0.0572 e. The van der Waals surface area contributed by atoms with Crippen molar-refractivity contribution >= 4 is 0 Å². The minimum atomic E-state index is 0.172. The molecule has 3 heteroatoms. The van der Waals surface area contributed by atoms with Crippen LogP contribution in [0.25, 0.3) is 0 Å². The summed E-state index contributed by atoms with van der Waals surface area (Å²) >= 11 is 0. The highest BCUT2D eigenvalue weighted by atomic mass is 16.5. The Morgan fingerprint density at radius 3 is 2.44 bits per heavy atom. The van der Waals surface area contributed by atoms with Crippen LogP contribution in [-0.4, -0.2) is 31.3 Å². The zero-order valence-corrected chi connectivity index (χ0v) is 10.2. The van der Waals surface area contributed by atoms with E-state index in [-0.39, 0.29) is 5.54 Å². The van der Waals surface area contributed by atoms with Gasteiger partial charge in [0, 0.05) is 25.2 Å². The Morgan fingerprint density at radius 2 is 1.94 bits per heavy atom. The zero-order chi connectivity index (χ0) is 11.4. The van der Waals surface area contributed by atoms with Crippen molar-refractivity contribution in [1.82, 2.24) is 5.32 Å². The standard InChI is InChI=1S/C13H24N2O/c1-16-12-6-8-13(10-14,9-7-12)15-11-4-2-3-5-11/h2-3,11-12,15H,4-10,14H2,1H3. The molecular weight excluding hydrogens is 200 g/mol. The zero-order valence-electron chi connectivity index (χ0n) is 10.2. The van der Waals surface area contributed by atoms with E-state index < -0.39 is 0 Å². The largest absolute Gasteiger partial charge is 0.381 e. The first-order valence-electron chi connectivity index (χ1n) is 6.43. The lowest BCUT2D eigenvalue weighted by molar-refractivity contribution is 0.0405. The molecule has 1 fully saturated rings. The third kappa shape index (κ3) is 2.65. The monoisotopic (exact) mass is 224 g/mol. The van der Waals surface area contributed by atoms with Gasteiger partial charge < -0.3 is 15.8 Å². The van der Waals surface area contributed by atoms with Gasteiger partial charge in [-0.15, -0.1) is 0 Å². The summed E-state index contributed by atoms with van der Waals surface area (Å²) in [7, 11) is 1.81. The van der Waals surface area contributed by atoms with Gasteiger partial charge in [0.1, 0.15) is 0 Å². The second-order valence-corrected chi connectivity index (χ2v) is 5.20. The minimum absolute atomic E-state index is 0.172. The van der Waals surface area contributed by atoms with Gasteiger partial charge in [-0.2, -0.15) is 0 Å². The predicted molar refractivity (Wildman–Crippen MR) is 66.3 cm³/mol. The molecular formula is C13H24N2O. The third-order valence-electron chi connectivity index (χ3n) is 4.13. The first kappa shape index (κ1) is 12.1. The second kappa shape index (κ2) is 5.30. The van der Waals surface area contributed by atoms with E-state index in [1.54, 1.807) is 0 Å². The van der Waals surface area contributed by atoms with E-state index in [4.69, 9.17) is 10.5 Å². The van der Waals surface area contributed by atoms with E-state index in [0.717, 1.165) is 45.1 Å². The van der Waals surface area contributed by atoms with Gasteiger partial charge in [0.2, 0.25) is 0 Å². The summed E-state index contributed by atoms with van der Waals surface area (Å²) in [6, 6.07) is 0.614. The summed E-state index contributed by atoms with van der Waals surface area (Å²) in [4.78, 5) is 0.